The molecule has 0 heterocycles. The summed E-state index contributed by atoms with van der Waals surface area (Å²) >= 11 is 0. The summed E-state index contributed by atoms with van der Waals surface area (Å²) in [6.07, 6.45) is 0. The van der Waals surface area contributed by atoms with Crippen molar-refractivity contribution < 1.29 is 19.1 Å². The molecule has 0 bridgehead atoms. The molecule has 0 aliphatic carbocycles. The Bertz CT molecular complexity index is 254. The Hall–Kier alpha value is -1.61. The second kappa shape index (κ2) is 6.79. The van der Waals surface area contributed by atoms with Crippen molar-refractivity contribution in [3.8, 4) is 6.07 Å². The highest BCUT2D eigenvalue weighted by Crippen LogP contribution is 1.98. The van der Waals surface area contributed by atoms with Crippen LogP contribution in [-0.4, -0.2) is 50.2 Å². The minimum absolute atomic E-state index is 0.111. The molecule has 0 saturated heterocycles. The SMILES string of the molecule is COC(=O)CN(CC(=O)OC)C(C)C#N. The number of methoxy groups -OCH3 is 2. The summed E-state index contributed by atoms with van der Waals surface area (Å²) in [6, 6.07) is 1.38. The summed E-state index contributed by atoms with van der Waals surface area (Å²) in [5.41, 5.74) is 0. The Labute approximate surface area is 88.4 Å². The van der Waals surface area contributed by atoms with E-state index in [0.717, 1.165) is 0 Å². The first-order valence-corrected chi connectivity index (χ1v) is 4.32. The lowest BCUT2D eigenvalue weighted by Crippen LogP contribution is -2.40. The topological polar surface area (TPSA) is 79.6 Å². The summed E-state index contributed by atoms with van der Waals surface area (Å²) < 4.78 is 8.90. The van der Waals surface area contributed by atoms with Gasteiger partial charge in [0, 0.05) is 0 Å². The standard InChI is InChI=1S/C9H14N2O4/c1-7(4-10)11(5-8(12)14-2)6-9(13)15-3/h7H,5-6H2,1-3H3. The van der Waals surface area contributed by atoms with Crippen LogP contribution in [0.3, 0.4) is 0 Å². The van der Waals surface area contributed by atoms with E-state index in [9.17, 15) is 9.59 Å². The summed E-state index contributed by atoms with van der Waals surface area (Å²) in [5.74, 6) is -0.998. The molecular formula is C9H14N2O4. The van der Waals surface area contributed by atoms with Crippen LogP contribution >= 0.6 is 0 Å². The van der Waals surface area contributed by atoms with E-state index in [1.807, 2.05) is 6.07 Å². The lowest BCUT2D eigenvalue weighted by atomic mass is 10.3. The summed E-state index contributed by atoms with van der Waals surface area (Å²) in [4.78, 5) is 23.3. The van der Waals surface area contributed by atoms with Gasteiger partial charge < -0.3 is 9.47 Å². The van der Waals surface area contributed by atoms with Crippen LogP contribution in [0, 0.1) is 11.3 Å². The van der Waals surface area contributed by atoms with Gasteiger partial charge in [0.15, 0.2) is 0 Å². The van der Waals surface area contributed by atoms with Crippen LogP contribution in [-0.2, 0) is 19.1 Å². The molecule has 0 radical (unpaired) electrons. The quantitative estimate of drug-likeness (QED) is 0.576. The first-order valence-electron chi connectivity index (χ1n) is 4.32. The van der Waals surface area contributed by atoms with Crippen molar-refractivity contribution in [2.45, 2.75) is 13.0 Å². The van der Waals surface area contributed by atoms with E-state index >= 15 is 0 Å². The summed E-state index contributed by atoms with van der Waals surface area (Å²) in [6.45, 7) is 1.37. The van der Waals surface area contributed by atoms with Crippen LogP contribution in [0.1, 0.15) is 6.92 Å². The van der Waals surface area contributed by atoms with E-state index < -0.39 is 18.0 Å². The first-order chi connectivity index (χ1) is 7.04. The highest BCUT2D eigenvalue weighted by atomic mass is 16.5. The molecule has 1 atom stereocenters. The summed E-state index contributed by atoms with van der Waals surface area (Å²) in [5, 5.41) is 8.68. The van der Waals surface area contributed by atoms with E-state index in [-0.39, 0.29) is 13.1 Å². The number of ether oxygens (including phenoxy) is 2. The molecule has 0 aliphatic rings. The average Bonchev–Trinajstić information content (AvgIpc) is 2.26. The maximum absolute atomic E-state index is 11.0. The van der Waals surface area contributed by atoms with Crippen LogP contribution in [0.5, 0.6) is 0 Å². The Morgan fingerprint density at radius 3 is 1.93 bits per heavy atom. The molecule has 0 aromatic carbocycles. The lowest BCUT2D eigenvalue weighted by molar-refractivity contribution is -0.146. The minimum Gasteiger partial charge on any atom is -0.468 e. The van der Waals surface area contributed by atoms with Gasteiger partial charge >= 0.3 is 11.9 Å². The number of carbonyl (C=O) groups is 2. The fourth-order valence-electron chi connectivity index (χ4n) is 0.872. The zero-order valence-electron chi connectivity index (χ0n) is 9.02. The van der Waals surface area contributed by atoms with Crippen LogP contribution in [0.25, 0.3) is 0 Å². The van der Waals surface area contributed by atoms with Gasteiger partial charge in [-0.25, -0.2) is 0 Å². The highest BCUT2D eigenvalue weighted by Gasteiger charge is 2.20. The molecule has 0 spiro atoms. The first kappa shape index (κ1) is 13.4. The number of esters is 2. The lowest BCUT2D eigenvalue weighted by Gasteiger charge is -2.21. The smallest absolute Gasteiger partial charge is 0.319 e. The predicted molar refractivity (Wildman–Crippen MR) is 50.7 cm³/mol. The van der Waals surface area contributed by atoms with Crippen molar-refractivity contribution in [2.24, 2.45) is 0 Å². The van der Waals surface area contributed by atoms with Gasteiger partial charge in [-0.2, -0.15) is 5.26 Å². The monoisotopic (exact) mass is 214 g/mol. The molecule has 0 aliphatic heterocycles. The Kier molecular flexibility index (Phi) is 6.06. The molecule has 0 saturated carbocycles. The van der Waals surface area contributed by atoms with Crippen molar-refractivity contribution >= 4 is 11.9 Å². The second-order valence-corrected chi connectivity index (χ2v) is 2.86. The molecule has 84 valence electrons. The van der Waals surface area contributed by atoms with Crippen LogP contribution in [0.4, 0.5) is 0 Å². The van der Waals surface area contributed by atoms with Crippen LogP contribution < -0.4 is 0 Å². The molecule has 0 fully saturated rings. The largest absolute Gasteiger partial charge is 0.468 e. The van der Waals surface area contributed by atoms with Crippen molar-refractivity contribution in [3.05, 3.63) is 0 Å². The predicted octanol–water partition coefficient (Wildman–Crippen LogP) is -0.454. The van der Waals surface area contributed by atoms with Gasteiger partial charge in [0.1, 0.15) is 0 Å². The van der Waals surface area contributed by atoms with Gasteiger partial charge in [0.25, 0.3) is 0 Å². The molecule has 1 unspecified atom stereocenters. The third-order valence-corrected chi connectivity index (χ3v) is 1.85. The van der Waals surface area contributed by atoms with Gasteiger partial charge in [0.2, 0.25) is 0 Å². The Morgan fingerprint density at radius 2 is 1.67 bits per heavy atom. The van der Waals surface area contributed by atoms with Gasteiger partial charge in [-0.05, 0) is 6.92 Å². The summed E-state index contributed by atoms with van der Waals surface area (Å²) in [7, 11) is 2.49. The van der Waals surface area contributed by atoms with Crippen molar-refractivity contribution in [1.29, 1.82) is 5.26 Å². The van der Waals surface area contributed by atoms with Gasteiger partial charge in [-0.3, -0.25) is 14.5 Å². The van der Waals surface area contributed by atoms with Crippen LogP contribution in [0.2, 0.25) is 0 Å². The number of hydrogen-bond donors (Lipinski definition) is 0. The average molecular weight is 214 g/mol. The zero-order chi connectivity index (χ0) is 11.8. The van der Waals surface area contributed by atoms with E-state index in [1.165, 1.54) is 19.1 Å². The molecule has 0 aromatic heterocycles. The molecule has 0 aromatic rings. The third kappa shape index (κ3) is 4.98. The van der Waals surface area contributed by atoms with Crippen molar-refractivity contribution in [2.75, 3.05) is 27.3 Å². The van der Waals surface area contributed by atoms with E-state index in [2.05, 4.69) is 9.47 Å². The Morgan fingerprint density at radius 1 is 1.27 bits per heavy atom. The molecule has 6 heteroatoms. The maximum Gasteiger partial charge on any atom is 0.319 e. The van der Waals surface area contributed by atoms with Crippen molar-refractivity contribution in [1.82, 2.24) is 4.90 Å². The van der Waals surface area contributed by atoms with E-state index in [1.54, 1.807) is 6.92 Å². The molecule has 15 heavy (non-hydrogen) atoms. The number of carbonyl (C=O) groups excluding carboxylic acids is 2. The van der Waals surface area contributed by atoms with E-state index in [4.69, 9.17) is 5.26 Å². The number of hydrogen-bond acceptors (Lipinski definition) is 6. The zero-order valence-corrected chi connectivity index (χ0v) is 9.02. The van der Waals surface area contributed by atoms with Crippen LogP contribution in [0.15, 0.2) is 0 Å². The Balaban J connectivity index is 4.39. The second-order valence-electron chi connectivity index (χ2n) is 2.86. The van der Waals surface area contributed by atoms with E-state index in [0.29, 0.717) is 0 Å². The number of nitrogens with zero attached hydrogens (tertiary/aromatic N) is 2. The molecule has 6 nitrogen and oxygen atoms in total. The number of nitriles is 1. The minimum atomic E-state index is -0.553. The molecule has 0 amide bonds. The fourth-order valence-corrected chi connectivity index (χ4v) is 0.872. The fraction of sp³-hybridized carbons (Fsp3) is 0.667. The number of rotatable bonds is 5. The van der Waals surface area contributed by atoms with Gasteiger partial charge in [-0.15, -0.1) is 0 Å². The molecule has 0 rings (SSSR count). The highest BCUT2D eigenvalue weighted by molar-refractivity contribution is 5.75. The van der Waals surface area contributed by atoms with Crippen molar-refractivity contribution in [3.63, 3.8) is 0 Å². The van der Waals surface area contributed by atoms with Gasteiger partial charge in [-0.1, -0.05) is 0 Å². The maximum atomic E-state index is 11.0. The third-order valence-electron chi connectivity index (χ3n) is 1.85. The molecule has 0 N–H and O–H groups in total. The van der Waals surface area contributed by atoms with Gasteiger partial charge in [0.05, 0.1) is 39.4 Å². The normalized spacial score (nSPS) is 11.7. The molecular weight excluding hydrogens is 200 g/mol.